The molecule has 0 amide bonds. The molecule has 0 aliphatic carbocycles. The lowest BCUT2D eigenvalue weighted by Crippen LogP contribution is -2.32. The Morgan fingerprint density at radius 1 is 1.39 bits per heavy atom. The number of nitrogens with zero attached hydrogens (tertiary/aromatic N) is 1. The Bertz CT molecular complexity index is 432. The third kappa shape index (κ3) is 2.89. The van der Waals surface area contributed by atoms with E-state index in [0.717, 1.165) is 51.0 Å². The van der Waals surface area contributed by atoms with Crippen molar-refractivity contribution < 1.29 is 9.90 Å². The lowest BCUT2D eigenvalue weighted by molar-refractivity contribution is 0.0693. The maximum absolute atomic E-state index is 11.2. The van der Waals surface area contributed by atoms with Gasteiger partial charge in [-0.2, -0.15) is 0 Å². The van der Waals surface area contributed by atoms with Crippen molar-refractivity contribution in [3.05, 3.63) is 34.9 Å². The molecule has 0 fully saturated rings. The van der Waals surface area contributed by atoms with Gasteiger partial charge < -0.3 is 10.8 Å². The van der Waals surface area contributed by atoms with Gasteiger partial charge in [-0.25, -0.2) is 4.79 Å². The molecule has 0 spiro atoms. The summed E-state index contributed by atoms with van der Waals surface area (Å²) in [4.78, 5) is 13.5. The molecule has 2 rings (SSSR count). The fourth-order valence-corrected chi connectivity index (χ4v) is 2.51. The number of carboxylic acids is 1. The Kier molecular flexibility index (Phi) is 4.33. The minimum absolute atomic E-state index is 0.455. The highest BCUT2D eigenvalue weighted by molar-refractivity contribution is 5.89. The van der Waals surface area contributed by atoms with Crippen LogP contribution in [0.1, 0.15) is 34.3 Å². The number of aromatic carboxylic acids is 1. The van der Waals surface area contributed by atoms with E-state index in [2.05, 4.69) is 4.90 Å². The molecule has 1 heterocycles. The van der Waals surface area contributed by atoms with Crippen LogP contribution in [0.4, 0.5) is 0 Å². The van der Waals surface area contributed by atoms with Gasteiger partial charge in [0.05, 0.1) is 5.56 Å². The number of nitrogens with two attached hydrogens (primary N) is 1. The van der Waals surface area contributed by atoms with Crippen LogP contribution < -0.4 is 5.73 Å². The Hall–Kier alpha value is -1.39. The molecule has 3 N–H and O–H groups in total. The first-order valence-corrected chi connectivity index (χ1v) is 6.49. The minimum Gasteiger partial charge on any atom is -0.478 e. The highest BCUT2D eigenvalue weighted by Crippen LogP contribution is 2.22. The third-order valence-electron chi connectivity index (χ3n) is 3.51. The zero-order chi connectivity index (χ0) is 13.0. The summed E-state index contributed by atoms with van der Waals surface area (Å²) in [6, 6.07) is 5.58. The van der Waals surface area contributed by atoms with Crippen molar-refractivity contribution in [2.24, 2.45) is 5.73 Å². The van der Waals surface area contributed by atoms with Crippen LogP contribution in [0.25, 0.3) is 0 Å². The van der Waals surface area contributed by atoms with Gasteiger partial charge in [-0.15, -0.1) is 0 Å². The molecule has 1 aromatic rings. The summed E-state index contributed by atoms with van der Waals surface area (Å²) in [6.07, 6.45) is 3.06. The molecule has 0 unspecified atom stereocenters. The number of hydrogen-bond acceptors (Lipinski definition) is 3. The van der Waals surface area contributed by atoms with E-state index in [1.54, 1.807) is 6.07 Å². The predicted octanol–water partition coefficient (Wildman–Crippen LogP) is 1.48. The first-order chi connectivity index (χ1) is 8.72. The molecule has 1 aliphatic heterocycles. The van der Waals surface area contributed by atoms with E-state index >= 15 is 0 Å². The van der Waals surface area contributed by atoms with Crippen molar-refractivity contribution in [2.75, 3.05) is 19.6 Å². The number of unbranched alkanes of at least 4 members (excludes halogenated alkanes) is 1. The van der Waals surface area contributed by atoms with Crippen molar-refractivity contribution >= 4 is 5.97 Å². The average molecular weight is 248 g/mol. The summed E-state index contributed by atoms with van der Waals surface area (Å²) in [7, 11) is 0. The van der Waals surface area contributed by atoms with E-state index in [4.69, 9.17) is 5.73 Å². The second-order valence-electron chi connectivity index (χ2n) is 4.77. The molecule has 98 valence electrons. The molecule has 18 heavy (non-hydrogen) atoms. The van der Waals surface area contributed by atoms with Crippen LogP contribution in [-0.2, 0) is 13.0 Å². The standard InChI is InChI=1S/C14H20N2O2/c15-7-1-2-8-16-9-6-11-4-3-5-12(14(17)18)13(11)10-16/h3-5H,1-2,6-10,15H2,(H,17,18). The van der Waals surface area contributed by atoms with Crippen LogP contribution in [0.2, 0.25) is 0 Å². The third-order valence-corrected chi connectivity index (χ3v) is 3.51. The maximum Gasteiger partial charge on any atom is 0.336 e. The number of carboxylic acid groups (broad SMARTS) is 1. The molecule has 0 bridgehead atoms. The van der Waals surface area contributed by atoms with Crippen LogP contribution in [0.5, 0.6) is 0 Å². The van der Waals surface area contributed by atoms with Crippen molar-refractivity contribution in [1.82, 2.24) is 4.90 Å². The molecule has 1 aliphatic rings. The van der Waals surface area contributed by atoms with Gasteiger partial charge in [0, 0.05) is 13.1 Å². The van der Waals surface area contributed by atoms with E-state index in [1.165, 1.54) is 5.56 Å². The Labute approximate surface area is 107 Å². The summed E-state index contributed by atoms with van der Waals surface area (Å²) < 4.78 is 0. The van der Waals surface area contributed by atoms with Gasteiger partial charge in [0.15, 0.2) is 0 Å². The predicted molar refractivity (Wildman–Crippen MR) is 70.7 cm³/mol. The van der Waals surface area contributed by atoms with Crippen molar-refractivity contribution in [3.63, 3.8) is 0 Å². The van der Waals surface area contributed by atoms with Gasteiger partial charge >= 0.3 is 5.97 Å². The normalized spacial score (nSPS) is 15.4. The van der Waals surface area contributed by atoms with Gasteiger partial charge in [-0.05, 0) is 49.5 Å². The number of carbonyl (C=O) groups is 1. The molecule has 0 radical (unpaired) electrons. The molecule has 0 saturated carbocycles. The van der Waals surface area contributed by atoms with Gasteiger partial charge in [-0.3, -0.25) is 4.90 Å². The fourth-order valence-electron chi connectivity index (χ4n) is 2.51. The zero-order valence-electron chi connectivity index (χ0n) is 10.6. The largest absolute Gasteiger partial charge is 0.478 e. The molecule has 4 heteroatoms. The van der Waals surface area contributed by atoms with Crippen LogP contribution in [0, 0.1) is 0 Å². The van der Waals surface area contributed by atoms with Gasteiger partial charge in [0.25, 0.3) is 0 Å². The van der Waals surface area contributed by atoms with E-state index in [9.17, 15) is 9.90 Å². The Morgan fingerprint density at radius 2 is 2.22 bits per heavy atom. The van der Waals surface area contributed by atoms with Crippen LogP contribution in [0.15, 0.2) is 18.2 Å². The van der Waals surface area contributed by atoms with Crippen LogP contribution in [-0.4, -0.2) is 35.6 Å². The smallest absolute Gasteiger partial charge is 0.336 e. The van der Waals surface area contributed by atoms with Crippen LogP contribution >= 0.6 is 0 Å². The first kappa shape index (κ1) is 13.1. The molecule has 0 atom stereocenters. The number of rotatable bonds is 5. The topological polar surface area (TPSA) is 66.6 Å². The number of benzene rings is 1. The van der Waals surface area contributed by atoms with Crippen LogP contribution in [0.3, 0.4) is 0 Å². The number of fused-ring (bicyclic) bond motifs is 1. The molecule has 0 saturated heterocycles. The Balaban J connectivity index is 2.09. The summed E-state index contributed by atoms with van der Waals surface area (Å²) in [6.45, 7) is 3.50. The van der Waals surface area contributed by atoms with Gasteiger partial charge in [0.2, 0.25) is 0 Å². The quantitative estimate of drug-likeness (QED) is 0.775. The number of hydrogen-bond donors (Lipinski definition) is 2. The van der Waals surface area contributed by atoms with E-state index in [-0.39, 0.29) is 0 Å². The summed E-state index contributed by atoms with van der Waals surface area (Å²) in [5.74, 6) is -0.823. The molecule has 0 aromatic heterocycles. The summed E-state index contributed by atoms with van der Waals surface area (Å²) in [5, 5.41) is 9.21. The summed E-state index contributed by atoms with van der Waals surface area (Å²) >= 11 is 0. The molecular weight excluding hydrogens is 228 g/mol. The lowest BCUT2D eigenvalue weighted by atomic mass is 9.95. The Morgan fingerprint density at radius 3 is 2.94 bits per heavy atom. The van der Waals surface area contributed by atoms with E-state index in [0.29, 0.717) is 5.56 Å². The van der Waals surface area contributed by atoms with Crippen molar-refractivity contribution in [2.45, 2.75) is 25.8 Å². The van der Waals surface area contributed by atoms with Gasteiger partial charge in [-0.1, -0.05) is 12.1 Å². The highest BCUT2D eigenvalue weighted by atomic mass is 16.4. The van der Waals surface area contributed by atoms with Crippen molar-refractivity contribution in [1.29, 1.82) is 0 Å². The minimum atomic E-state index is -0.823. The monoisotopic (exact) mass is 248 g/mol. The fraction of sp³-hybridized carbons (Fsp3) is 0.500. The second-order valence-corrected chi connectivity index (χ2v) is 4.77. The zero-order valence-corrected chi connectivity index (χ0v) is 10.6. The second kappa shape index (κ2) is 5.98. The van der Waals surface area contributed by atoms with Crippen molar-refractivity contribution in [3.8, 4) is 0 Å². The highest BCUT2D eigenvalue weighted by Gasteiger charge is 2.20. The van der Waals surface area contributed by atoms with E-state index in [1.807, 2.05) is 12.1 Å². The van der Waals surface area contributed by atoms with E-state index < -0.39 is 5.97 Å². The first-order valence-electron chi connectivity index (χ1n) is 6.49. The molecule has 1 aromatic carbocycles. The average Bonchev–Trinajstić information content (AvgIpc) is 2.38. The van der Waals surface area contributed by atoms with Gasteiger partial charge in [0.1, 0.15) is 0 Å². The SMILES string of the molecule is NCCCCN1CCc2cccc(C(=O)O)c2C1. The maximum atomic E-state index is 11.2. The molecule has 4 nitrogen and oxygen atoms in total. The lowest BCUT2D eigenvalue weighted by Gasteiger charge is -2.29. The molecular formula is C14H20N2O2. The summed E-state index contributed by atoms with van der Waals surface area (Å²) in [5.41, 5.74) is 8.12.